The van der Waals surface area contributed by atoms with Gasteiger partial charge in [-0.15, -0.1) is 0 Å². The lowest BCUT2D eigenvalue weighted by Gasteiger charge is -2.14. The van der Waals surface area contributed by atoms with Crippen molar-refractivity contribution in [2.45, 2.75) is 39.5 Å². The van der Waals surface area contributed by atoms with Crippen molar-refractivity contribution in [3.8, 4) is 5.75 Å². The molecule has 0 saturated heterocycles. The number of methoxy groups -OCH3 is 1. The van der Waals surface area contributed by atoms with Crippen LogP contribution in [0.25, 0.3) is 0 Å². The Kier molecular flexibility index (Phi) is 7.05. The van der Waals surface area contributed by atoms with Gasteiger partial charge in [-0.05, 0) is 24.5 Å². The van der Waals surface area contributed by atoms with Crippen LogP contribution in [0.3, 0.4) is 0 Å². The quantitative estimate of drug-likeness (QED) is 0.670. The molecule has 20 heavy (non-hydrogen) atoms. The number of hydrogen-bond donors (Lipinski definition) is 0. The SMILES string of the molecule is CCCCC(CC)COC(=O)c1ccc(OC)cc1F. The third-order valence-corrected chi connectivity index (χ3v) is 3.39. The third kappa shape index (κ3) is 4.83. The molecule has 0 fully saturated rings. The summed E-state index contributed by atoms with van der Waals surface area (Å²) in [5.41, 5.74) is -0.0452. The van der Waals surface area contributed by atoms with Gasteiger partial charge in [-0.3, -0.25) is 0 Å². The Morgan fingerprint density at radius 3 is 2.65 bits per heavy atom. The van der Waals surface area contributed by atoms with Crippen LogP contribution in [0.1, 0.15) is 49.9 Å². The molecule has 0 spiro atoms. The van der Waals surface area contributed by atoms with Crippen LogP contribution in [0.15, 0.2) is 18.2 Å². The predicted octanol–water partition coefficient (Wildman–Crippen LogP) is 4.21. The Bertz CT molecular complexity index is 432. The standard InChI is InChI=1S/C16H23FO3/c1-4-6-7-12(5-2)11-20-16(18)14-9-8-13(19-3)10-15(14)17/h8-10,12H,4-7,11H2,1-3H3. The molecule has 1 unspecified atom stereocenters. The minimum atomic E-state index is -0.615. The average Bonchev–Trinajstić information content (AvgIpc) is 2.47. The number of carbonyl (C=O) groups is 1. The van der Waals surface area contributed by atoms with Crippen molar-refractivity contribution in [1.29, 1.82) is 0 Å². The molecule has 0 radical (unpaired) electrons. The molecule has 0 aliphatic rings. The second-order valence-corrected chi connectivity index (χ2v) is 4.86. The summed E-state index contributed by atoms with van der Waals surface area (Å²) in [7, 11) is 1.45. The van der Waals surface area contributed by atoms with E-state index in [4.69, 9.17) is 9.47 Å². The summed E-state index contributed by atoms with van der Waals surface area (Å²) in [6.07, 6.45) is 4.23. The van der Waals surface area contributed by atoms with Crippen LogP contribution in [-0.4, -0.2) is 19.7 Å². The Balaban J connectivity index is 2.57. The summed E-state index contributed by atoms with van der Waals surface area (Å²) in [5, 5.41) is 0. The van der Waals surface area contributed by atoms with E-state index in [0.717, 1.165) is 25.7 Å². The summed E-state index contributed by atoms with van der Waals surface area (Å²) >= 11 is 0. The molecule has 112 valence electrons. The smallest absolute Gasteiger partial charge is 0.341 e. The average molecular weight is 282 g/mol. The maximum atomic E-state index is 13.7. The Morgan fingerprint density at radius 2 is 2.10 bits per heavy atom. The largest absolute Gasteiger partial charge is 0.497 e. The summed E-state index contributed by atoms with van der Waals surface area (Å²) in [5.74, 6) is -0.496. The molecule has 0 heterocycles. The Labute approximate surface area is 120 Å². The van der Waals surface area contributed by atoms with Crippen molar-refractivity contribution in [3.63, 3.8) is 0 Å². The van der Waals surface area contributed by atoms with E-state index in [1.807, 2.05) is 0 Å². The van der Waals surface area contributed by atoms with Gasteiger partial charge in [0.05, 0.1) is 19.3 Å². The van der Waals surface area contributed by atoms with Crippen LogP contribution in [-0.2, 0) is 4.74 Å². The van der Waals surface area contributed by atoms with Crippen LogP contribution in [0.5, 0.6) is 5.75 Å². The van der Waals surface area contributed by atoms with Gasteiger partial charge in [0.15, 0.2) is 0 Å². The van der Waals surface area contributed by atoms with E-state index >= 15 is 0 Å². The van der Waals surface area contributed by atoms with Gasteiger partial charge in [0.25, 0.3) is 0 Å². The van der Waals surface area contributed by atoms with Gasteiger partial charge in [-0.2, -0.15) is 0 Å². The van der Waals surface area contributed by atoms with E-state index in [9.17, 15) is 9.18 Å². The lowest BCUT2D eigenvalue weighted by atomic mass is 10.0. The number of unbranched alkanes of at least 4 members (excludes halogenated alkanes) is 1. The Morgan fingerprint density at radius 1 is 1.35 bits per heavy atom. The molecule has 0 N–H and O–H groups in total. The Hall–Kier alpha value is -1.58. The van der Waals surface area contributed by atoms with Crippen molar-refractivity contribution < 1.29 is 18.7 Å². The van der Waals surface area contributed by atoms with E-state index < -0.39 is 11.8 Å². The molecule has 0 saturated carbocycles. The van der Waals surface area contributed by atoms with Gasteiger partial charge in [0, 0.05) is 6.07 Å². The topological polar surface area (TPSA) is 35.5 Å². The van der Waals surface area contributed by atoms with Gasteiger partial charge >= 0.3 is 5.97 Å². The molecular formula is C16H23FO3. The number of rotatable bonds is 8. The molecule has 1 atom stereocenters. The molecule has 0 amide bonds. The van der Waals surface area contributed by atoms with Gasteiger partial charge in [0.1, 0.15) is 11.6 Å². The molecule has 0 bridgehead atoms. The van der Waals surface area contributed by atoms with E-state index in [0.29, 0.717) is 18.3 Å². The molecule has 0 aliphatic heterocycles. The van der Waals surface area contributed by atoms with Crippen molar-refractivity contribution in [2.75, 3.05) is 13.7 Å². The second-order valence-electron chi connectivity index (χ2n) is 4.86. The van der Waals surface area contributed by atoms with Crippen LogP contribution >= 0.6 is 0 Å². The monoisotopic (exact) mass is 282 g/mol. The lowest BCUT2D eigenvalue weighted by Crippen LogP contribution is -2.15. The molecule has 1 aromatic rings. The number of esters is 1. The fourth-order valence-corrected chi connectivity index (χ4v) is 1.96. The third-order valence-electron chi connectivity index (χ3n) is 3.39. The zero-order valence-corrected chi connectivity index (χ0v) is 12.4. The number of benzene rings is 1. The maximum Gasteiger partial charge on any atom is 0.341 e. The summed E-state index contributed by atoms with van der Waals surface area (Å²) in [6, 6.07) is 4.13. The van der Waals surface area contributed by atoms with Gasteiger partial charge in [-0.25, -0.2) is 9.18 Å². The predicted molar refractivity (Wildman–Crippen MR) is 76.5 cm³/mol. The molecule has 1 rings (SSSR count). The number of ether oxygens (including phenoxy) is 2. The minimum absolute atomic E-state index is 0.0452. The highest BCUT2D eigenvalue weighted by molar-refractivity contribution is 5.89. The van der Waals surface area contributed by atoms with Gasteiger partial charge < -0.3 is 9.47 Å². The molecule has 3 nitrogen and oxygen atoms in total. The van der Waals surface area contributed by atoms with Crippen LogP contribution in [0.2, 0.25) is 0 Å². The van der Waals surface area contributed by atoms with Crippen LogP contribution in [0.4, 0.5) is 4.39 Å². The zero-order chi connectivity index (χ0) is 15.0. The highest BCUT2D eigenvalue weighted by Crippen LogP contribution is 2.18. The van der Waals surface area contributed by atoms with Crippen LogP contribution in [0, 0.1) is 11.7 Å². The van der Waals surface area contributed by atoms with E-state index in [1.165, 1.54) is 19.2 Å². The van der Waals surface area contributed by atoms with E-state index in [1.54, 1.807) is 6.07 Å². The van der Waals surface area contributed by atoms with Crippen molar-refractivity contribution in [3.05, 3.63) is 29.6 Å². The first kappa shape index (κ1) is 16.5. The molecule has 1 aromatic carbocycles. The fraction of sp³-hybridized carbons (Fsp3) is 0.562. The fourth-order valence-electron chi connectivity index (χ4n) is 1.96. The zero-order valence-electron chi connectivity index (χ0n) is 12.4. The van der Waals surface area contributed by atoms with Crippen molar-refractivity contribution in [1.82, 2.24) is 0 Å². The number of halogens is 1. The van der Waals surface area contributed by atoms with E-state index in [2.05, 4.69) is 13.8 Å². The number of hydrogen-bond acceptors (Lipinski definition) is 3. The van der Waals surface area contributed by atoms with Gasteiger partial charge in [0.2, 0.25) is 0 Å². The molecule has 4 heteroatoms. The maximum absolute atomic E-state index is 13.7. The van der Waals surface area contributed by atoms with Gasteiger partial charge in [-0.1, -0.05) is 33.1 Å². The minimum Gasteiger partial charge on any atom is -0.497 e. The second kappa shape index (κ2) is 8.56. The first-order valence-electron chi connectivity index (χ1n) is 7.13. The normalized spacial score (nSPS) is 12.0. The summed E-state index contributed by atoms with van der Waals surface area (Å²) < 4.78 is 23.8. The molecule has 0 aliphatic carbocycles. The highest BCUT2D eigenvalue weighted by Gasteiger charge is 2.16. The molecular weight excluding hydrogens is 259 g/mol. The lowest BCUT2D eigenvalue weighted by molar-refractivity contribution is 0.0423. The summed E-state index contributed by atoms with van der Waals surface area (Å²) in [6.45, 7) is 4.55. The van der Waals surface area contributed by atoms with Crippen molar-refractivity contribution in [2.24, 2.45) is 5.92 Å². The summed E-state index contributed by atoms with van der Waals surface area (Å²) in [4.78, 5) is 11.9. The van der Waals surface area contributed by atoms with Crippen LogP contribution < -0.4 is 4.74 Å². The van der Waals surface area contributed by atoms with E-state index in [-0.39, 0.29) is 5.56 Å². The first-order chi connectivity index (χ1) is 9.62. The first-order valence-corrected chi connectivity index (χ1v) is 7.13. The number of carbonyl (C=O) groups excluding carboxylic acids is 1. The van der Waals surface area contributed by atoms with Crippen molar-refractivity contribution >= 4 is 5.97 Å². The highest BCUT2D eigenvalue weighted by atomic mass is 19.1. The molecule has 0 aromatic heterocycles.